The monoisotopic (exact) mass is 412 g/mol. The number of halogens is 2. The predicted molar refractivity (Wildman–Crippen MR) is 93.1 cm³/mol. The van der Waals surface area contributed by atoms with E-state index in [4.69, 9.17) is 4.74 Å². The zero-order valence-corrected chi connectivity index (χ0v) is 15.7. The van der Waals surface area contributed by atoms with E-state index in [9.17, 15) is 5.11 Å². The Hall–Kier alpha value is -0.840. The number of aryl methyl sites for hydroxylation is 2. The first-order chi connectivity index (χ1) is 9.86. The van der Waals surface area contributed by atoms with Gasteiger partial charge >= 0.3 is 0 Å². The van der Waals surface area contributed by atoms with Crippen molar-refractivity contribution >= 4 is 31.9 Å². The van der Waals surface area contributed by atoms with E-state index >= 15 is 0 Å². The van der Waals surface area contributed by atoms with Crippen LogP contribution in [0.4, 0.5) is 0 Å². The van der Waals surface area contributed by atoms with E-state index in [1.54, 1.807) is 7.11 Å². The number of hydrogen-bond donors (Lipinski definition) is 1. The van der Waals surface area contributed by atoms with Gasteiger partial charge in [0.15, 0.2) is 0 Å². The van der Waals surface area contributed by atoms with E-state index in [1.807, 2.05) is 45.0 Å². The van der Waals surface area contributed by atoms with Crippen LogP contribution in [0.3, 0.4) is 0 Å². The molecule has 0 radical (unpaired) electrons. The summed E-state index contributed by atoms with van der Waals surface area (Å²) < 4.78 is 7.53. The maximum atomic E-state index is 10.8. The number of hydrogen-bond acceptors (Lipinski definition) is 2. The fourth-order valence-corrected chi connectivity index (χ4v) is 3.28. The highest BCUT2D eigenvalue weighted by molar-refractivity contribution is 9.10. The lowest BCUT2D eigenvalue weighted by molar-refractivity contribution is 0.213. The Morgan fingerprint density at radius 3 is 2.24 bits per heavy atom. The summed E-state index contributed by atoms with van der Waals surface area (Å²) >= 11 is 7.04. The van der Waals surface area contributed by atoms with Crippen LogP contribution in [0.15, 0.2) is 33.2 Å². The van der Waals surface area contributed by atoms with Gasteiger partial charge in [-0.05, 0) is 55.2 Å². The van der Waals surface area contributed by atoms with Crippen LogP contribution in [-0.4, -0.2) is 12.2 Å². The number of aliphatic hydroxyl groups is 1. The summed E-state index contributed by atoms with van der Waals surface area (Å²) in [6, 6.07) is 7.89. The first kappa shape index (κ1) is 16.5. The molecule has 0 fully saturated rings. The van der Waals surface area contributed by atoms with Crippen molar-refractivity contribution < 1.29 is 9.84 Å². The van der Waals surface area contributed by atoms with Crippen molar-refractivity contribution in [1.29, 1.82) is 0 Å². The molecule has 2 nitrogen and oxygen atoms in total. The zero-order valence-electron chi connectivity index (χ0n) is 12.5. The van der Waals surface area contributed by atoms with Crippen LogP contribution in [0.2, 0.25) is 0 Å². The second-order valence-electron chi connectivity index (χ2n) is 5.16. The third-order valence-corrected chi connectivity index (χ3v) is 5.40. The number of ether oxygens (including phenoxy) is 1. The van der Waals surface area contributed by atoms with Crippen molar-refractivity contribution in [3.8, 4) is 5.75 Å². The second-order valence-corrected chi connectivity index (χ2v) is 6.87. The summed E-state index contributed by atoms with van der Waals surface area (Å²) in [5.74, 6) is 0.740. The highest BCUT2D eigenvalue weighted by atomic mass is 79.9. The molecule has 0 amide bonds. The summed E-state index contributed by atoms with van der Waals surface area (Å²) in [7, 11) is 1.64. The van der Waals surface area contributed by atoms with E-state index in [1.165, 1.54) is 0 Å². The molecule has 0 saturated carbocycles. The number of benzene rings is 2. The Balaban J connectivity index is 2.62. The summed E-state index contributed by atoms with van der Waals surface area (Å²) in [5, 5.41) is 10.8. The molecule has 0 saturated heterocycles. The average molecular weight is 414 g/mol. The minimum absolute atomic E-state index is 0.719. The molecule has 0 bridgehead atoms. The minimum Gasteiger partial charge on any atom is -0.496 e. The van der Waals surface area contributed by atoms with Gasteiger partial charge < -0.3 is 9.84 Å². The molecule has 2 aromatic carbocycles. The van der Waals surface area contributed by atoms with Crippen molar-refractivity contribution in [3.63, 3.8) is 0 Å². The standard InChI is InChI=1S/C17H18Br2O2/c1-9-7-12(5-6-13(9)18)16(20)15-11(3)14(19)8-10(2)17(15)21-4/h5-8,16,20H,1-4H3. The van der Waals surface area contributed by atoms with Gasteiger partial charge in [-0.2, -0.15) is 0 Å². The lowest BCUT2D eigenvalue weighted by Crippen LogP contribution is -2.07. The largest absolute Gasteiger partial charge is 0.496 e. The SMILES string of the molecule is COc1c(C)cc(Br)c(C)c1C(O)c1ccc(Br)c(C)c1. The Morgan fingerprint density at radius 1 is 1.00 bits per heavy atom. The van der Waals surface area contributed by atoms with Crippen LogP contribution >= 0.6 is 31.9 Å². The molecule has 1 atom stereocenters. The van der Waals surface area contributed by atoms with Crippen LogP contribution in [0.5, 0.6) is 5.75 Å². The summed E-state index contributed by atoms with van der Waals surface area (Å²) in [5.41, 5.74) is 4.75. The number of rotatable bonds is 3. The predicted octanol–water partition coefficient (Wildman–Crippen LogP) is 5.23. The lowest BCUT2D eigenvalue weighted by atomic mass is 9.94. The summed E-state index contributed by atoms with van der Waals surface area (Å²) in [6.07, 6.45) is -0.719. The molecule has 2 aromatic rings. The van der Waals surface area contributed by atoms with Crippen LogP contribution in [-0.2, 0) is 0 Å². The molecule has 2 rings (SSSR count). The van der Waals surface area contributed by atoms with Gasteiger partial charge in [0.05, 0.1) is 7.11 Å². The van der Waals surface area contributed by atoms with E-state index in [2.05, 4.69) is 31.9 Å². The van der Waals surface area contributed by atoms with E-state index in [0.717, 1.165) is 42.5 Å². The smallest absolute Gasteiger partial charge is 0.128 e. The normalized spacial score (nSPS) is 12.3. The van der Waals surface area contributed by atoms with Crippen molar-refractivity contribution in [2.45, 2.75) is 26.9 Å². The topological polar surface area (TPSA) is 29.5 Å². The summed E-state index contributed by atoms with van der Waals surface area (Å²) in [6.45, 7) is 5.97. The third kappa shape index (κ3) is 3.17. The number of methoxy groups -OCH3 is 1. The van der Waals surface area contributed by atoms with Crippen LogP contribution in [0.1, 0.15) is 33.9 Å². The molecular weight excluding hydrogens is 396 g/mol. The van der Waals surface area contributed by atoms with Gasteiger partial charge in [0, 0.05) is 14.5 Å². The maximum Gasteiger partial charge on any atom is 0.128 e. The minimum atomic E-state index is -0.719. The molecule has 0 aromatic heterocycles. The van der Waals surface area contributed by atoms with Crippen LogP contribution in [0.25, 0.3) is 0 Å². The van der Waals surface area contributed by atoms with Gasteiger partial charge in [0.2, 0.25) is 0 Å². The van der Waals surface area contributed by atoms with Crippen molar-refractivity contribution in [3.05, 3.63) is 61.0 Å². The van der Waals surface area contributed by atoms with Crippen molar-refractivity contribution in [2.75, 3.05) is 7.11 Å². The van der Waals surface area contributed by atoms with Crippen molar-refractivity contribution in [2.24, 2.45) is 0 Å². The first-order valence-corrected chi connectivity index (χ1v) is 8.23. The molecule has 112 valence electrons. The van der Waals surface area contributed by atoms with Gasteiger partial charge in [-0.15, -0.1) is 0 Å². The molecular formula is C17H18Br2O2. The summed E-state index contributed by atoms with van der Waals surface area (Å²) in [4.78, 5) is 0. The first-order valence-electron chi connectivity index (χ1n) is 6.64. The zero-order chi connectivity index (χ0) is 15.7. The molecule has 1 unspecified atom stereocenters. The molecule has 0 aliphatic heterocycles. The fraction of sp³-hybridized carbons (Fsp3) is 0.294. The van der Waals surface area contributed by atoms with Crippen LogP contribution < -0.4 is 4.74 Å². The Kier molecular flexibility index (Phi) is 5.12. The van der Waals surface area contributed by atoms with Crippen molar-refractivity contribution in [1.82, 2.24) is 0 Å². The van der Waals surface area contributed by atoms with E-state index < -0.39 is 6.10 Å². The van der Waals surface area contributed by atoms with Gasteiger partial charge in [0.25, 0.3) is 0 Å². The molecule has 0 aliphatic carbocycles. The van der Waals surface area contributed by atoms with Crippen LogP contribution in [0, 0.1) is 20.8 Å². The fourth-order valence-electron chi connectivity index (χ4n) is 2.48. The Bertz CT molecular complexity index is 681. The van der Waals surface area contributed by atoms with E-state index in [0.29, 0.717) is 0 Å². The Labute approximate surface area is 142 Å². The van der Waals surface area contributed by atoms with Gasteiger partial charge in [-0.3, -0.25) is 0 Å². The molecule has 4 heteroatoms. The van der Waals surface area contributed by atoms with E-state index in [-0.39, 0.29) is 0 Å². The highest BCUT2D eigenvalue weighted by Crippen LogP contribution is 2.39. The molecule has 21 heavy (non-hydrogen) atoms. The molecule has 1 N–H and O–H groups in total. The third-order valence-electron chi connectivity index (χ3n) is 3.68. The maximum absolute atomic E-state index is 10.8. The average Bonchev–Trinajstić information content (AvgIpc) is 2.44. The lowest BCUT2D eigenvalue weighted by Gasteiger charge is -2.21. The molecule has 0 aliphatic rings. The van der Waals surface area contributed by atoms with Gasteiger partial charge in [0.1, 0.15) is 11.9 Å². The molecule has 0 heterocycles. The highest BCUT2D eigenvalue weighted by Gasteiger charge is 2.21. The Morgan fingerprint density at radius 2 is 1.67 bits per heavy atom. The van der Waals surface area contributed by atoms with Gasteiger partial charge in [-0.25, -0.2) is 0 Å². The molecule has 0 spiro atoms. The second kappa shape index (κ2) is 6.51. The van der Waals surface area contributed by atoms with Gasteiger partial charge in [-0.1, -0.05) is 44.0 Å². The number of aliphatic hydroxyl groups excluding tert-OH is 1. The quantitative estimate of drug-likeness (QED) is 0.746.